The van der Waals surface area contributed by atoms with Crippen LogP contribution in [-0.4, -0.2) is 42.1 Å². The first-order valence-electron chi connectivity index (χ1n) is 9.12. The molecule has 2 aliphatic rings. The SMILES string of the molecule is COc1cc(C2(C(=O)N3CCC[C@@H](CCC(=O)O)C3)CC2)ccc1C. The fraction of sp³-hybridized carbons (Fsp3) is 0.600. The number of likely N-dealkylation sites (tertiary alicyclic amines) is 1. The largest absolute Gasteiger partial charge is 0.496 e. The first-order valence-corrected chi connectivity index (χ1v) is 9.12. The fourth-order valence-corrected chi connectivity index (χ4v) is 3.98. The summed E-state index contributed by atoms with van der Waals surface area (Å²) in [6.07, 6.45) is 4.59. The highest BCUT2D eigenvalue weighted by atomic mass is 16.5. The number of carboxylic acid groups (broad SMARTS) is 1. The van der Waals surface area contributed by atoms with Crippen molar-refractivity contribution in [1.82, 2.24) is 4.90 Å². The van der Waals surface area contributed by atoms with Gasteiger partial charge in [0.25, 0.3) is 0 Å². The second-order valence-electron chi connectivity index (χ2n) is 7.46. The van der Waals surface area contributed by atoms with Crippen molar-refractivity contribution in [3.63, 3.8) is 0 Å². The molecule has 0 radical (unpaired) electrons. The summed E-state index contributed by atoms with van der Waals surface area (Å²) in [5.74, 6) is 0.582. The van der Waals surface area contributed by atoms with E-state index < -0.39 is 11.4 Å². The Balaban J connectivity index is 1.72. The number of methoxy groups -OCH3 is 1. The lowest BCUT2D eigenvalue weighted by molar-refractivity contribution is -0.137. The number of hydrogen-bond donors (Lipinski definition) is 1. The highest BCUT2D eigenvalue weighted by Gasteiger charge is 2.53. The quantitative estimate of drug-likeness (QED) is 0.860. The zero-order valence-corrected chi connectivity index (χ0v) is 15.1. The molecule has 0 spiro atoms. The Morgan fingerprint density at radius 3 is 2.76 bits per heavy atom. The molecule has 5 nitrogen and oxygen atoms in total. The van der Waals surface area contributed by atoms with Crippen LogP contribution in [0.4, 0.5) is 0 Å². The van der Waals surface area contributed by atoms with E-state index in [9.17, 15) is 9.59 Å². The first kappa shape index (κ1) is 17.8. The minimum absolute atomic E-state index is 0.188. The Morgan fingerprint density at radius 2 is 2.12 bits per heavy atom. The molecule has 3 rings (SSSR count). The summed E-state index contributed by atoms with van der Waals surface area (Å²) in [5.41, 5.74) is 1.73. The molecule has 136 valence electrons. The topological polar surface area (TPSA) is 66.8 Å². The van der Waals surface area contributed by atoms with Crippen LogP contribution >= 0.6 is 0 Å². The van der Waals surface area contributed by atoms with Gasteiger partial charge >= 0.3 is 5.97 Å². The number of carboxylic acids is 1. The number of carbonyl (C=O) groups is 2. The molecule has 0 unspecified atom stereocenters. The van der Waals surface area contributed by atoms with Crippen molar-refractivity contribution < 1.29 is 19.4 Å². The van der Waals surface area contributed by atoms with Gasteiger partial charge < -0.3 is 14.7 Å². The zero-order chi connectivity index (χ0) is 18.0. The lowest BCUT2D eigenvalue weighted by Crippen LogP contribution is -2.45. The molecule has 1 atom stereocenters. The third kappa shape index (κ3) is 3.65. The van der Waals surface area contributed by atoms with Gasteiger partial charge in [0, 0.05) is 19.5 Å². The van der Waals surface area contributed by atoms with E-state index in [-0.39, 0.29) is 12.3 Å². The molecular weight excluding hydrogens is 318 g/mol. The standard InChI is InChI=1S/C20H27NO4/c1-14-5-7-16(12-17(14)25-2)20(9-10-20)19(24)21-11-3-4-15(13-21)6-8-18(22)23/h5,7,12,15H,3-4,6,8-11,13H2,1-2H3,(H,22,23)/t15-/m0/s1. The molecule has 1 heterocycles. The molecule has 1 aromatic rings. The number of aliphatic carboxylic acids is 1. The van der Waals surface area contributed by atoms with E-state index in [2.05, 4.69) is 6.07 Å². The molecule has 2 fully saturated rings. The Kier molecular flexibility index (Phi) is 5.02. The molecule has 1 saturated carbocycles. The molecule has 1 aliphatic heterocycles. The number of amides is 1. The summed E-state index contributed by atoms with van der Waals surface area (Å²) < 4.78 is 5.42. The number of carbonyl (C=O) groups excluding carboxylic acids is 1. The van der Waals surface area contributed by atoms with Crippen LogP contribution in [0.3, 0.4) is 0 Å². The first-order chi connectivity index (χ1) is 12.0. The molecule has 1 aromatic carbocycles. The number of ether oxygens (including phenoxy) is 1. The number of hydrogen-bond acceptors (Lipinski definition) is 3. The van der Waals surface area contributed by atoms with Crippen LogP contribution in [-0.2, 0) is 15.0 Å². The summed E-state index contributed by atoms with van der Waals surface area (Å²) in [4.78, 5) is 26.0. The molecular formula is C20H27NO4. The predicted molar refractivity (Wildman–Crippen MR) is 94.8 cm³/mol. The summed E-state index contributed by atoms with van der Waals surface area (Å²) in [7, 11) is 1.66. The number of piperidine rings is 1. The second kappa shape index (κ2) is 7.06. The Bertz CT molecular complexity index is 666. The fourth-order valence-electron chi connectivity index (χ4n) is 3.98. The lowest BCUT2D eigenvalue weighted by atomic mass is 9.89. The molecule has 1 aliphatic carbocycles. The molecule has 1 saturated heterocycles. The third-order valence-corrected chi connectivity index (χ3v) is 5.69. The van der Waals surface area contributed by atoms with Crippen LogP contribution in [0.15, 0.2) is 18.2 Å². The molecule has 0 aromatic heterocycles. The maximum Gasteiger partial charge on any atom is 0.303 e. The number of rotatable bonds is 6. The van der Waals surface area contributed by atoms with Gasteiger partial charge in [-0.2, -0.15) is 0 Å². The maximum atomic E-state index is 13.2. The number of aryl methyl sites for hydroxylation is 1. The Morgan fingerprint density at radius 1 is 1.36 bits per heavy atom. The van der Waals surface area contributed by atoms with E-state index in [0.717, 1.165) is 49.1 Å². The van der Waals surface area contributed by atoms with Crippen molar-refractivity contribution in [2.75, 3.05) is 20.2 Å². The van der Waals surface area contributed by atoms with Gasteiger partial charge in [-0.05, 0) is 62.1 Å². The molecule has 1 amide bonds. The maximum absolute atomic E-state index is 13.2. The highest BCUT2D eigenvalue weighted by molar-refractivity contribution is 5.91. The average Bonchev–Trinajstić information content (AvgIpc) is 3.42. The van der Waals surface area contributed by atoms with Crippen LogP contribution in [0.25, 0.3) is 0 Å². The number of benzene rings is 1. The van der Waals surface area contributed by atoms with Crippen LogP contribution in [0.2, 0.25) is 0 Å². The molecule has 1 N–H and O–H groups in total. The van der Waals surface area contributed by atoms with Gasteiger partial charge in [0.1, 0.15) is 5.75 Å². The van der Waals surface area contributed by atoms with E-state index in [0.29, 0.717) is 18.9 Å². The van der Waals surface area contributed by atoms with Gasteiger partial charge in [0.2, 0.25) is 5.91 Å². The van der Waals surface area contributed by atoms with E-state index in [1.165, 1.54) is 0 Å². The summed E-state index contributed by atoms with van der Waals surface area (Å²) in [6.45, 7) is 3.48. The monoisotopic (exact) mass is 345 g/mol. The van der Waals surface area contributed by atoms with Gasteiger partial charge in [-0.15, -0.1) is 0 Å². The van der Waals surface area contributed by atoms with Crippen LogP contribution < -0.4 is 4.74 Å². The zero-order valence-electron chi connectivity index (χ0n) is 15.1. The van der Waals surface area contributed by atoms with E-state index in [1.54, 1.807) is 7.11 Å². The van der Waals surface area contributed by atoms with E-state index in [1.807, 2.05) is 24.0 Å². The van der Waals surface area contributed by atoms with Gasteiger partial charge in [-0.25, -0.2) is 0 Å². The molecule has 5 heteroatoms. The van der Waals surface area contributed by atoms with Gasteiger partial charge in [0.05, 0.1) is 12.5 Å². The van der Waals surface area contributed by atoms with Crippen molar-refractivity contribution in [2.24, 2.45) is 5.92 Å². The van der Waals surface area contributed by atoms with Crippen molar-refractivity contribution in [2.45, 2.75) is 50.9 Å². The van der Waals surface area contributed by atoms with Crippen molar-refractivity contribution in [3.05, 3.63) is 29.3 Å². The second-order valence-corrected chi connectivity index (χ2v) is 7.46. The third-order valence-electron chi connectivity index (χ3n) is 5.69. The van der Waals surface area contributed by atoms with Gasteiger partial charge in [-0.1, -0.05) is 12.1 Å². The minimum Gasteiger partial charge on any atom is -0.496 e. The molecule has 25 heavy (non-hydrogen) atoms. The van der Waals surface area contributed by atoms with Gasteiger partial charge in [0.15, 0.2) is 0 Å². The van der Waals surface area contributed by atoms with Crippen molar-refractivity contribution in [1.29, 1.82) is 0 Å². The smallest absolute Gasteiger partial charge is 0.303 e. The summed E-state index contributed by atoms with van der Waals surface area (Å²) in [6, 6.07) is 6.08. The minimum atomic E-state index is -0.756. The average molecular weight is 345 g/mol. The van der Waals surface area contributed by atoms with Gasteiger partial charge in [-0.3, -0.25) is 9.59 Å². The lowest BCUT2D eigenvalue weighted by Gasteiger charge is -2.35. The molecule has 0 bridgehead atoms. The highest BCUT2D eigenvalue weighted by Crippen LogP contribution is 2.51. The van der Waals surface area contributed by atoms with Crippen LogP contribution in [0, 0.1) is 12.8 Å². The number of nitrogens with zero attached hydrogens (tertiary/aromatic N) is 1. The van der Waals surface area contributed by atoms with Crippen molar-refractivity contribution >= 4 is 11.9 Å². The normalized spacial score (nSPS) is 21.7. The van der Waals surface area contributed by atoms with E-state index >= 15 is 0 Å². The van der Waals surface area contributed by atoms with Crippen molar-refractivity contribution in [3.8, 4) is 5.75 Å². The predicted octanol–water partition coefficient (Wildman–Crippen LogP) is 3.14. The summed E-state index contributed by atoms with van der Waals surface area (Å²) in [5, 5.41) is 8.89. The van der Waals surface area contributed by atoms with E-state index in [4.69, 9.17) is 9.84 Å². The van der Waals surface area contributed by atoms with Crippen LogP contribution in [0.1, 0.15) is 49.7 Å². The summed E-state index contributed by atoms with van der Waals surface area (Å²) >= 11 is 0. The Hall–Kier alpha value is -2.04. The Labute approximate surface area is 149 Å². The van der Waals surface area contributed by atoms with Crippen LogP contribution in [0.5, 0.6) is 5.75 Å².